The average molecular weight is 374 g/mol. The van der Waals surface area contributed by atoms with Crippen molar-refractivity contribution in [3.8, 4) is 5.75 Å². The highest BCUT2D eigenvalue weighted by Gasteiger charge is 2.13. The first-order valence-corrected chi connectivity index (χ1v) is 9.42. The number of nitrogens with zero attached hydrogens (tertiary/aromatic N) is 1. The first-order chi connectivity index (χ1) is 13.7. The fraction of sp³-hybridized carbons (Fsp3) is 0.208. The van der Waals surface area contributed by atoms with Crippen LogP contribution in [-0.4, -0.2) is 24.3 Å². The van der Waals surface area contributed by atoms with Gasteiger partial charge in [-0.05, 0) is 29.3 Å². The molecule has 144 valence electrons. The molecule has 0 aliphatic rings. The molecule has 4 nitrogen and oxygen atoms in total. The maximum Gasteiger partial charge on any atom is 0.164 e. The van der Waals surface area contributed by atoms with E-state index in [9.17, 15) is 4.79 Å². The van der Waals surface area contributed by atoms with Crippen LogP contribution in [0.25, 0.3) is 0 Å². The molecule has 3 aromatic carbocycles. The third-order valence-electron chi connectivity index (χ3n) is 4.70. The van der Waals surface area contributed by atoms with Gasteiger partial charge in [-0.15, -0.1) is 0 Å². The van der Waals surface area contributed by atoms with E-state index in [0.717, 1.165) is 13.1 Å². The molecule has 0 bridgehead atoms. The number of nitrogens with two attached hydrogens (primary N) is 1. The molecule has 0 atom stereocenters. The second kappa shape index (κ2) is 9.72. The highest BCUT2D eigenvalue weighted by molar-refractivity contribution is 5.97. The molecule has 0 aromatic heterocycles. The summed E-state index contributed by atoms with van der Waals surface area (Å²) in [4.78, 5) is 15.0. The van der Waals surface area contributed by atoms with Crippen LogP contribution in [-0.2, 0) is 13.1 Å². The summed E-state index contributed by atoms with van der Waals surface area (Å²) in [6.45, 7) is 2.27. The minimum absolute atomic E-state index is 0.0838. The Morgan fingerprint density at radius 1 is 0.893 bits per heavy atom. The van der Waals surface area contributed by atoms with Crippen molar-refractivity contribution in [1.29, 1.82) is 0 Å². The Bertz CT molecular complexity index is 853. The number of carbonyl (C=O) groups is 1. The van der Waals surface area contributed by atoms with Crippen LogP contribution < -0.4 is 10.5 Å². The molecule has 0 fully saturated rings. The highest BCUT2D eigenvalue weighted by Crippen LogP contribution is 2.22. The molecule has 0 spiro atoms. The Labute approximate surface area is 166 Å². The number of ether oxygens (including phenoxy) is 1. The van der Waals surface area contributed by atoms with Crippen LogP contribution in [0.1, 0.15) is 27.9 Å². The molecule has 3 aromatic rings. The number of Topliss-reactive ketones (excluding diaryl/α,β-unsaturated/α-hetero) is 1. The topological polar surface area (TPSA) is 55.6 Å². The van der Waals surface area contributed by atoms with Gasteiger partial charge in [0.2, 0.25) is 0 Å². The molecule has 0 aliphatic heterocycles. The Hall–Kier alpha value is -3.11. The van der Waals surface area contributed by atoms with Crippen LogP contribution in [0.2, 0.25) is 0 Å². The molecule has 0 saturated carbocycles. The van der Waals surface area contributed by atoms with Crippen LogP contribution in [0, 0.1) is 0 Å². The van der Waals surface area contributed by atoms with E-state index < -0.39 is 0 Å². The zero-order valence-electron chi connectivity index (χ0n) is 16.2. The molecule has 28 heavy (non-hydrogen) atoms. The van der Waals surface area contributed by atoms with Crippen molar-refractivity contribution in [3.05, 3.63) is 95.6 Å². The fourth-order valence-electron chi connectivity index (χ4n) is 3.21. The van der Waals surface area contributed by atoms with E-state index in [1.54, 1.807) is 25.3 Å². The summed E-state index contributed by atoms with van der Waals surface area (Å²) >= 11 is 0. The first-order valence-electron chi connectivity index (χ1n) is 9.42. The summed E-state index contributed by atoms with van der Waals surface area (Å²) in [6, 6.07) is 25.9. The van der Waals surface area contributed by atoms with E-state index in [1.807, 2.05) is 36.4 Å². The number of carbonyl (C=O) groups excluding carboxylic acids is 1. The van der Waals surface area contributed by atoms with Gasteiger partial charge in [-0.3, -0.25) is 9.69 Å². The molecular weight excluding hydrogens is 348 g/mol. The number of hydrogen-bond donors (Lipinski definition) is 1. The van der Waals surface area contributed by atoms with Crippen LogP contribution in [0.15, 0.2) is 78.9 Å². The predicted molar refractivity (Wildman–Crippen MR) is 113 cm³/mol. The third kappa shape index (κ3) is 5.44. The van der Waals surface area contributed by atoms with E-state index >= 15 is 0 Å². The molecule has 0 radical (unpaired) electrons. The van der Waals surface area contributed by atoms with E-state index in [4.69, 9.17) is 10.5 Å². The van der Waals surface area contributed by atoms with Gasteiger partial charge in [0, 0.05) is 31.6 Å². The Morgan fingerprint density at radius 2 is 1.46 bits per heavy atom. The van der Waals surface area contributed by atoms with Crippen molar-refractivity contribution in [2.24, 2.45) is 0 Å². The van der Waals surface area contributed by atoms with E-state index in [2.05, 4.69) is 29.2 Å². The molecule has 4 heteroatoms. The molecule has 0 amide bonds. The second-order valence-corrected chi connectivity index (χ2v) is 6.81. The van der Waals surface area contributed by atoms with Gasteiger partial charge in [-0.25, -0.2) is 0 Å². The van der Waals surface area contributed by atoms with Gasteiger partial charge in [0.15, 0.2) is 5.78 Å². The monoisotopic (exact) mass is 374 g/mol. The standard InChI is InChI=1S/C24H26N2O2/c1-28-24-13-12-21(16-22(24)25)23(27)14-15-26(17-19-8-4-2-5-9-19)18-20-10-6-3-7-11-20/h2-13,16H,14-15,17-18,25H2,1H3. The summed E-state index contributed by atoms with van der Waals surface area (Å²) in [5.74, 6) is 0.673. The van der Waals surface area contributed by atoms with Crippen LogP contribution >= 0.6 is 0 Å². The minimum Gasteiger partial charge on any atom is -0.495 e. The summed E-state index contributed by atoms with van der Waals surface area (Å²) in [5, 5.41) is 0. The van der Waals surface area contributed by atoms with Gasteiger partial charge >= 0.3 is 0 Å². The van der Waals surface area contributed by atoms with Crippen molar-refractivity contribution in [3.63, 3.8) is 0 Å². The van der Waals surface area contributed by atoms with Gasteiger partial charge in [0.05, 0.1) is 12.8 Å². The van der Waals surface area contributed by atoms with Gasteiger partial charge in [-0.2, -0.15) is 0 Å². The average Bonchev–Trinajstić information content (AvgIpc) is 2.73. The lowest BCUT2D eigenvalue weighted by atomic mass is 10.1. The van der Waals surface area contributed by atoms with Crippen molar-refractivity contribution in [1.82, 2.24) is 4.90 Å². The minimum atomic E-state index is 0.0838. The summed E-state index contributed by atoms with van der Waals surface area (Å²) < 4.78 is 5.17. The maximum atomic E-state index is 12.7. The van der Waals surface area contributed by atoms with Gasteiger partial charge in [0.1, 0.15) is 5.75 Å². The SMILES string of the molecule is COc1ccc(C(=O)CCN(Cc2ccccc2)Cc2ccccc2)cc1N. The first kappa shape index (κ1) is 19.6. The molecule has 3 rings (SSSR count). The van der Waals surface area contributed by atoms with Gasteiger partial charge < -0.3 is 10.5 Å². The maximum absolute atomic E-state index is 12.7. The van der Waals surface area contributed by atoms with Crippen LogP contribution in [0.4, 0.5) is 5.69 Å². The molecule has 0 saturated heterocycles. The quantitative estimate of drug-likeness (QED) is 0.441. The lowest BCUT2D eigenvalue weighted by molar-refractivity contribution is 0.0960. The van der Waals surface area contributed by atoms with Gasteiger partial charge in [0.25, 0.3) is 0 Å². The third-order valence-corrected chi connectivity index (χ3v) is 4.70. The molecule has 2 N–H and O–H groups in total. The normalized spacial score (nSPS) is 10.8. The summed E-state index contributed by atoms with van der Waals surface area (Å²) in [7, 11) is 1.57. The lowest BCUT2D eigenvalue weighted by Gasteiger charge is -2.22. The molecular formula is C24H26N2O2. The predicted octanol–water partition coefficient (Wildman–Crippen LogP) is 4.55. The van der Waals surface area contributed by atoms with Gasteiger partial charge in [-0.1, -0.05) is 60.7 Å². The summed E-state index contributed by atoms with van der Waals surface area (Å²) in [6.07, 6.45) is 0.436. The number of anilines is 1. The number of benzene rings is 3. The zero-order valence-corrected chi connectivity index (χ0v) is 16.2. The second-order valence-electron chi connectivity index (χ2n) is 6.81. The van der Waals surface area contributed by atoms with E-state index in [1.165, 1.54) is 11.1 Å². The van der Waals surface area contributed by atoms with E-state index in [0.29, 0.717) is 30.0 Å². The van der Waals surface area contributed by atoms with Crippen molar-refractivity contribution in [2.45, 2.75) is 19.5 Å². The lowest BCUT2D eigenvalue weighted by Crippen LogP contribution is -2.25. The zero-order chi connectivity index (χ0) is 19.8. The Balaban J connectivity index is 1.68. The van der Waals surface area contributed by atoms with E-state index in [-0.39, 0.29) is 5.78 Å². The Morgan fingerprint density at radius 3 is 1.96 bits per heavy atom. The Kier molecular flexibility index (Phi) is 6.82. The van der Waals surface area contributed by atoms with Crippen molar-refractivity contribution < 1.29 is 9.53 Å². The number of hydrogen-bond acceptors (Lipinski definition) is 4. The largest absolute Gasteiger partial charge is 0.495 e. The molecule has 0 heterocycles. The number of ketones is 1. The van der Waals surface area contributed by atoms with Crippen LogP contribution in [0.5, 0.6) is 5.75 Å². The molecule has 0 aliphatic carbocycles. The highest BCUT2D eigenvalue weighted by atomic mass is 16.5. The fourth-order valence-corrected chi connectivity index (χ4v) is 3.21. The number of rotatable bonds is 9. The summed E-state index contributed by atoms with van der Waals surface area (Å²) in [5.41, 5.74) is 9.52. The number of nitrogen functional groups attached to an aromatic ring is 1. The van der Waals surface area contributed by atoms with Crippen molar-refractivity contribution >= 4 is 11.5 Å². The molecule has 0 unspecified atom stereocenters. The number of methoxy groups -OCH3 is 1. The smallest absolute Gasteiger partial charge is 0.164 e. The van der Waals surface area contributed by atoms with Crippen molar-refractivity contribution in [2.75, 3.05) is 19.4 Å². The van der Waals surface area contributed by atoms with Crippen LogP contribution in [0.3, 0.4) is 0 Å².